The molecule has 0 unspecified atom stereocenters. The molecule has 8 nitrogen and oxygen atoms in total. The average Bonchev–Trinajstić information content (AvgIpc) is 3.30. The predicted molar refractivity (Wildman–Crippen MR) is 107 cm³/mol. The van der Waals surface area contributed by atoms with E-state index in [4.69, 9.17) is 19.9 Å². The van der Waals surface area contributed by atoms with Crippen LogP contribution in [0.4, 0.5) is 5.69 Å². The van der Waals surface area contributed by atoms with E-state index in [1.165, 1.54) is 0 Å². The molecule has 0 amide bonds. The number of nitrogens with two attached hydrogens (primary N) is 1. The second-order valence-corrected chi connectivity index (χ2v) is 7.03. The Balaban J connectivity index is 1.38. The normalized spacial score (nSPS) is 22.1. The molecule has 0 spiro atoms. The predicted octanol–water partition coefficient (Wildman–Crippen LogP) is 2.57. The maximum atomic E-state index is 6.11. The van der Waals surface area contributed by atoms with Crippen LogP contribution < -0.4 is 20.5 Å². The summed E-state index contributed by atoms with van der Waals surface area (Å²) in [6.07, 6.45) is 5.79. The van der Waals surface area contributed by atoms with Crippen molar-refractivity contribution >= 4 is 11.6 Å². The van der Waals surface area contributed by atoms with E-state index in [2.05, 4.69) is 22.3 Å². The topological polar surface area (TPSA) is 95.9 Å². The van der Waals surface area contributed by atoms with Crippen LogP contribution in [0.15, 0.2) is 35.6 Å². The molecule has 0 saturated carbocycles. The molecular formula is C20H27N5O3. The fourth-order valence-electron chi connectivity index (χ4n) is 3.53. The third-order valence-corrected chi connectivity index (χ3v) is 5.04. The fraction of sp³-hybridized carbons (Fsp3) is 0.500. The third-order valence-electron chi connectivity index (χ3n) is 5.04. The Kier molecular flexibility index (Phi) is 5.66. The minimum atomic E-state index is 0.0230. The highest BCUT2D eigenvalue weighted by atomic mass is 16.5. The number of guanidine groups is 1. The zero-order valence-corrected chi connectivity index (χ0v) is 16.1. The van der Waals surface area contributed by atoms with Crippen LogP contribution in [0.3, 0.4) is 0 Å². The molecule has 1 saturated heterocycles. The first-order valence-electron chi connectivity index (χ1n) is 9.83. The van der Waals surface area contributed by atoms with Gasteiger partial charge in [-0.25, -0.2) is 0 Å². The van der Waals surface area contributed by atoms with Gasteiger partial charge in [0.05, 0.1) is 25.5 Å². The number of hydrogen-bond acceptors (Lipinski definition) is 5. The first kappa shape index (κ1) is 18.6. The van der Waals surface area contributed by atoms with E-state index >= 15 is 0 Å². The molecule has 3 heterocycles. The SMILES string of the molecule is CCn1cc([C@@H]2OCC[C@H]2CN=C(N)Nc2ccc3c(c2)OCCCO3)cn1. The second kappa shape index (κ2) is 8.52. The number of aliphatic imine (C=N–C) groups is 1. The lowest BCUT2D eigenvalue weighted by atomic mass is 9.98. The highest BCUT2D eigenvalue weighted by molar-refractivity contribution is 5.92. The van der Waals surface area contributed by atoms with Crippen molar-refractivity contribution in [1.82, 2.24) is 9.78 Å². The molecule has 1 aromatic carbocycles. The van der Waals surface area contributed by atoms with Crippen molar-refractivity contribution in [2.24, 2.45) is 16.6 Å². The largest absolute Gasteiger partial charge is 0.490 e. The van der Waals surface area contributed by atoms with Crippen molar-refractivity contribution in [3.63, 3.8) is 0 Å². The first-order valence-corrected chi connectivity index (χ1v) is 9.83. The lowest BCUT2D eigenvalue weighted by Gasteiger charge is -2.16. The van der Waals surface area contributed by atoms with Gasteiger partial charge in [0.2, 0.25) is 0 Å². The Morgan fingerprint density at radius 3 is 2.96 bits per heavy atom. The summed E-state index contributed by atoms with van der Waals surface area (Å²) in [7, 11) is 0. The van der Waals surface area contributed by atoms with E-state index in [9.17, 15) is 0 Å². The molecule has 2 aliphatic rings. The molecule has 3 N–H and O–H groups in total. The highest BCUT2D eigenvalue weighted by Gasteiger charge is 2.30. The van der Waals surface area contributed by atoms with Gasteiger partial charge in [0.1, 0.15) is 0 Å². The standard InChI is InChI=1S/C20H27N5O3/c1-2-25-13-15(12-23-25)19-14(6-9-28-19)11-22-20(21)24-16-4-5-17-18(10-16)27-8-3-7-26-17/h4-5,10,12-14,19H,2-3,6-9,11H2,1H3,(H3,21,22,24)/t14-,19+/m0/s1. The Hall–Kier alpha value is -2.74. The molecule has 1 fully saturated rings. The summed E-state index contributed by atoms with van der Waals surface area (Å²) in [5.74, 6) is 2.16. The summed E-state index contributed by atoms with van der Waals surface area (Å²) in [5, 5.41) is 7.49. The number of nitrogens with zero attached hydrogens (tertiary/aromatic N) is 3. The van der Waals surface area contributed by atoms with Crippen LogP contribution in [0.25, 0.3) is 0 Å². The number of aromatic nitrogens is 2. The van der Waals surface area contributed by atoms with E-state index in [-0.39, 0.29) is 6.10 Å². The molecule has 1 aromatic heterocycles. The van der Waals surface area contributed by atoms with Crippen LogP contribution in [0.5, 0.6) is 11.5 Å². The summed E-state index contributed by atoms with van der Waals surface area (Å²) in [5.41, 5.74) is 8.04. The Bertz CT molecular complexity index is 835. The van der Waals surface area contributed by atoms with E-state index < -0.39 is 0 Å². The van der Waals surface area contributed by atoms with Crippen LogP contribution >= 0.6 is 0 Å². The average molecular weight is 385 g/mol. The van der Waals surface area contributed by atoms with Crippen LogP contribution in [0.1, 0.15) is 31.4 Å². The van der Waals surface area contributed by atoms with Gasteiger partial charge in [-0.3, -0.25) is 9.67 Å². The molecule has 2 aromatic rings. The molecule has 0 radical (unpaired) electrons. The van der Waals surface area contributed by atoms with Gasteiger partial charge in [-0.05, 0) is 25.5 Å². The zero-order valence-electron chi connectivity index (χ0n) is 16.1. The second-order valence-electron chi connectivity index (χ2n) is 7.03. The Morgan fingerprint density at radius 2 is 2.14 bits per heavy atom. The maximum absolute atomic E-state index is 6.11. The minimum Gasteiger partial charge on any atom is -0.490 e. The van der Waals surface area contributed by atoms with Crippen LogP contribution in [0.2, 0.25) is 0 Å². The van der Waals surface area contributed by atoms with Crippen molar-refractivity contribution in [1.29, 1.82) is 0 Å². The molecule has 0 bridgehead atoms. The summed E-state index contributed by atoms with van der Waals surface area (Å²) in [6, 6.07) is 5.70. The van der Waals surface area contributed by atoms with Crippen molar-refractivity contribution in [3.8, 4) is 11.5 Å². The lowest BCUT2D eigenvalue weighted by Crippen LogP contribution is -2.24. The number of fused-ring (bicyclic) bond motifs is 1. The molecule has 2 aliphatic heterocycles. The molecule has 0 aliphatic carbocycles. The van der Waals surface area contributed by atoms with Crippen molar-refractivity contribution < 1.29 is 14.2 Å². The Labute approximate surface area is 164 Å². The van der Waals surface area contributed by atoms with E-state index in [0.29, 0.717) is 31.6 Å². The molecule has 4 rings (SSSR count). The molecular weight excluding hydrogens is 358 g/mol. The molecule has 2 atom stereocenters. The number of benzene rings is 1. The van der Waals surface area contributed by atoms with Gasteiger partial charge in [-0.2, -0.15) is 5.10 Å². The molecule has 150 valence electrons. The van der Waals surface area contributed by atoms with E-state index in [1.807, 2.05) is 35.3 Å². The smallest absolute Gasteiger partial charge is 0.193 e. The van der Waals surface area contributed by atoms with Gasteiger partial charge in [0, 0.05) is 55.5 Å². The number of hydrogen-bond donors (Lipinski definition) is 2. The number of anilines is 1. The minimum absolute atomic E-state index is 0.0230. The highest BCUT2D eigenvalue weighted by Crippen LogP contribution is 2.35. The van der Waals surface area contributed by atoms with Gasteiger partial charge < -0.3 is 25.3 Å². The monoisotopic (exact) mass is 385 g/mol. The molecule has 28 heavy (non-hydrogen) atoms. The summed E-state index contributed by atoms with van der Waals surface area (Å²) >= 11 is 0. The quantitative estimate of drug-likeness (QED) is 0.607. The fourth-order valence-corrected chi connectivity index (χ4v) is 3.53. The number of ether oxygens (including phenoxy) is 3. The third kappa shape index (κ3) is 4.22. The number of aryl methyl sites for hydroxylation is 1. The van der Waals surface area contributed by atoms with Gasteiger partial charge in [-0.1, -0.05) is 0 Å². The number of rotatable bonds is 5. The summed E-state index contributed by atoms with van der Waals surface area (Å²) < 4.78 is 19.2. The summed E-state index contributed by atoms with van der Waals surface area (Å²) in [4.78, 5) is 4.54. The van der Waals surface area contributed by atoms with Crippen molar-refractivity contribution in [3.05, 3.63) is 36.2 Å². The lowest BCUT2D eigenvalue weighted by molar-refractivity contribution is 0.0925. The van der Waals surface area contributed by atoms with Gasteiger partial charge in [0.15, 0.2) is 17.5 Å². The van der Waals surface area contributed by atoms with E-state index in [0.717, 1.165) is 48.7 Å². The maximum Gasteiger partial charge on any atom is 0.193 e. The number of nitrogens with one attached hydrogen (secondary N) is 1. The first-order chi connectivity index (χ1) is 13.7. The molecule has 8 heteroatoms. The van der Waals surface area contributed by atoms with Gasteiger partial charge in [-0.15, -0.1) is 0 Å². The van der Waals surface area contributed by atoms with Crippen molar-refractivity contribution in [2.45, 2.75) is 32.4 Å². The zero-order chi connectivity index (χ0) is 19.3. The Morgan fingerprint density at radius 1 is 1.29 bits per heavy atom. The van der Waals surface area contributed by atoms with Crippen molar-refractivity contribution in [2.75, 3.05) is 31.7 Å². The van der Waals surface area contributed by atoms with E-state index in [1.54, 1.807) is 0 Å². The summed E-state index contributed by atoms with van der Waals surface area (Å²) in [6.45, 7) is 5.58. The van der Waals surface area contributed by atoms with Crippen LogP contribution in [-0.4, -0.2) is 42.1 Å². The van der Waals surface area contributed by atoms with Gasteiger partial charge >= 0.3 is 0 Å². The van der Waals surface area contributed by atoms with Gasteiger partial charge in [0.25, 0.3) is 0 Å². The van der Waals surface area contributed by atoms with Crippen LogP contribution in [-0.2, 0) is 11.3 Å². The van der Waals surface area contributed by atoms with Crippen LogP contribution in [0, 0.1) is 5.92 Å².